The van der Waals surface area contributed by atoms with Crippen LogP contribution in [0.15, 0.2) is 0 Å². The van der Waals surface area contributed by atoms with E-state index in [-0.39, 0.29) is 12.4 Å². The first kappa shape index (κ1) is 28.6. The van der Waals surface area contributed by atoms with Crippen molar-refractivity contribution in [2.75, 3.05) is 42.0 Å². The Morgan fingerprint density at radius 2 is 1.23 bits per heavy atom. The molecule has 0 rings (SSSR count). The zero-order valence-electron chi connectivity index (χ0n) is 18.4. The predicted molar refractivity (Wildman–Crippen MR) is 109 cm³/mol. The topological polar surface area (TPSA) is 32.1 Å². The van der Waals surface area contributed by atoms with Crippen LogP contribution in [0.5, 0.6) is 0 Å². The fourth-order valence-corrected chi connectivity index (χ4v) is 5.23. The van der Waals surface area contributed by atoms with E-state index in [0.29, 0.717) is 0 Å². The van der Waals surface area contributed by atoms with E-state index in [1.54, 1.807) is 26.2 Å². The van der Waals surface area contributed by atoms with Crippen LogP contribution in [0.4, 0.5) is 0 Å². The average molecular weight is 412 g/mol. The van der Waals surface area contributed by atoms with Gasteiger partial charge in [-0.05, 0) is 18.8 Å². The molecule has 0 bridgehead atoms. The molecule has 0 fully saturated rings. The Morgan fingerprint density at radius 1 is 0.731 bits per heavy atom. The highest BCUT2D eigenvalue weighted by Crippen LogP contribution is 2.24. The lowest BCUT2D eigenvalue weighted by atomic mass is 9.93. The van der Waals surface area contributed by atoms with E-state index in [9.17, 15) is 0 Å². The van der Waals surface area contributed by atoms with E-state index < -0.39 is 8.80 Å². The van der Waals surface area contributed by atoms with E-state index in [1.165, 1.54) is 70.8 Å². The van der Waals surface area contributed by atoms with Crippen molar-refractivity contribution >= 4 is 8.80 Å². The Kier molecular flexibility index (Phi) is 20.5. The molecule has 6 heteroatoms. The number of unbranched alkanes of at least 4 members (excludes halogenated alkanes) is 6. The van der Waals surface area contributed by atoms with Gasteiger partial charge in [0.25, 0.3) is 0 Å². The summed E-state index contributed by atoms with van der Waals surface area (Å²) >= 11 is 0. The number of halogens is 1. The molecular weight excluding hydrogens is 366 g/mol. The third-order valence-corrected chi connectivity index (χ3v) is 8.13. The summed E-state index contributed by atoms with van der Waals surface area (Å²) in [6.45, 7) is 3.55. The average Bonchev–Trinajstić information content (AvgIpc) is 2.62. The van der Waals surface area contributed by atoms with E-state index in [2.05, 4.69) is 21.0 Å². The fourth-order valence-electron chi connectivity index (χ4n) is 3.48. The number of nitrogens with one attached hydrogen (secondary N) is 1. The van der Waals surface area contributed by atoms with E-state index in [0.717, 1.165) is 18.4 Å². The largest absolute Gasteiger partial charge is 1.00 e. The van der Waals surface area contributed by atoms with Crippen molar-refractivity contribution in [1.29, 1.82) is 0 Å². The van der Waals surface area contributed by atoms with Gasteiger partial charge in [-0.1, -0.05) is 64.7 Å². The first-order valence-electron chi connectivity index (χ1n) is 10.5. The molecule has 0 aliphatic carbocycles. The normalized spacial score (nSPS) is 13.0. The number of hydrogen-bond donors (Lipinski definition) is 1. The molecule has 1 unspecified atom stereocenters. The minimum Gasteiger partial charge on any atom is -1.00 e. The van der Waals surface area contributed by atoms with Crippen molar-refractivity contribution in [3.63, 3.8) is 0 Å². The quantitative estimate of drug-likeness (QED) is 0.269. The third kappa shape index (κ3) is 14.4. The lowest BCUT2D eigenvalue weighted by Crippen LogP contribution is -3.05. The van der Waals surface area contributed by atoms with Crippen LogP contribution in [0.3, 0.4) is 0 Å². The van der Waals surface area contributed by atoms with Crippen molar-refractivity contribution in [3.05, 3.63) is 0 Å². The van der Waals surface area contributed by atoms with E-state index in [1.807, 2.05) is 0 Å². The smallest absolute Gasteiger partial charge is 0.500 e. The summed E-state index contributed by atoms with van der Waals surface area (Å²) < 4.78 is 16.7. The first-order chi connectivity index (χ1) is 12.0. The molecule has 0 heterocycles. The molecule has 4 nitrogen and oxygen atoms in total. The van der Waals surface area contributed by atoms with Gasteiger partial charge in [0, 0.05) is 27.4 Å². The van der Waals surface area contributed by atoms with E-state index in [4.69, 9.17) is 13.3 Å². The second kappa shape index (κ2) is 18.7. The molecular formula is C20H46ClNO3Si. The molecule has 0 aliphatic heterocycles. The Morgan fingerprint density at radius 3 is 1.73 bits per heavy atom. The number of rotatable bonds is 18. The fraction of sp³-hybridized carbons (Fsp3) is 1.00. The van der Waals surface area contributed by atoms with E-state index >= 15 is 0 Å². The van der Waals surface area contributed by atoms with Crippen LogP contribution < -0.4 is 17.3 Å². The summed E-state index contributed by atoms with van der Waals surface area (Å²) in [7, 11) is 7.25. The summed E-state index contributed by atoms with van der Waals surface area (Å²) in [5, 5.41) is 0. The Balaban J connectivity index is 0. The van der Waals surface area contributed by atoms with Crippen LogP contribution in [0, 0.1) is 5.92 Å². The van der Waals surface area contributed by atoms with Crippen LogP contribution in [0.2, 0.25) is 6.04 Å². The van der Waals surface area contributed by atoms with Crippen molar-refractivity contribution in [3.8, 4) is 0 Å². The molecule has 0 amide bonds. The third-order valence-electron chi connectivity index (χ3n) is 5.30. The van der Waals surface area contributed by atoms with Crippen LogP contribution in [0.25, 0.3) is 0 Å². The maximum atomic E-state index is 5.55. The molecule has 0 aromatic carbocycles. The van der Waals surface area contributed by atoms with Crippen LogP contribution >= 0.6 is 0 Å². The lowest BCUT2D eigenvalue weighted by molar-refractivity contribution is -0.858. The van der Waals surface area contributed by atoms with Crippen LogP contribution in [-0.4, -0.2) is 50.8 Å². The Hall–Kier alpha value is 0.347. The number of quaternary nitrogens is 1. The minimum absolute atomic E-state index is 0. The highest BCUT2D eigenvalue weighted by molar-refractivity contribution is 6.60. The molecule has 160 valence electrons. The second-order valence-electron chi connectivity index (χ2n) is 7.71. The summed E-state index contributed by atoms with van der Waals surface area (Å²) in [6.07, 6.45) is 14.9. The van der Waals surface area contributed by atoms with Crippen molar-refractivity contribution in [2.45, 2.75) is 83.6 Å². The van der Waals surface area contributed by atoms with Crippen LogP contribution in [-0.2, 0) is 13.3 Å². The highest BCUT2D eigenvalue weighted by atomic mass is 35.5. The summed E-state index contributed by atoms with van der Waals surface area (Å²) in [6, 6.07) is 0.929. The summed E-state index contributed by atoms with van der Waals surface area (Å²) in [5.41, 5.74) is 0. The summed E-state index contributed by atoms with van der Waals surface area (Å²) in [4.78, 5) is 1.55. The maximum absolute atomic E-state index is 5.55. The van der Waals surface area contributed by atoms with Gasteiger partial charge in [-0.3, -0.25) is 0 Å². The zero-order valence-corrected chi connectivity index (χ0v) is 20.1. The van der Waals surface area contributed by atoms with Gasteiger partial charge in [0.05, 0.1) is 20.6 Å². The molecule has 0 spiro atoms. The maximum Gasteiger partial charge on any atom is 0.500 e. The molecule has 0 saturated carbocycles. The zero-order chi connectivity index (χ0) is 19.0. The molecule has 0 radical (unpaired) electrons. The second-order valence-corrected chi connectivity index (χ2v) is 10.8. The van der Waals surface area contributed by atoms with Gasteiger partial charge in [-0.15, -0.1) is 0 Å². The van der Waals surface area contributed by atoms with Gasteiger partial charge >= 0.3 is 8.80 Å². The molecule has 0 saturated heterocycles. The van der Waals surface area contributed by atoms with Gasteiger partial charge in [0.1, 0.15) is 0 Å². The van der Waals surface area contributed by atoms with Gasteiger partial charge < -0.3 is 30.6 Å². The predicted octanol–water partition coefficient (Wildman–Crippen LogP) is 0.940. The number of hydrogen-bond acceptors (Lipinski definition) is 3. The molecule has 1 atom stereocenters. The highest BCUT2D eigenvalue weighted by Gasteiger charge is 2.37. The van der Waals surface area contributed by atoms with Gasteiger partial charge in [0.15, 0.2) is 0 Å². The SMILES string of the molecule is CCCCCCCCCC(CCC[Si](OC)(OC)OC)CC[NH+](C)C.[Cl-]. The van der Waals surface area contributed by atoms with Crippen LogP contribution in [0.1, 0.15) is 77.6 Å². The minimum atomic E-state index is -2.39. The van der Waals surface area contributed by atoms with Gasteiger partial charge in [-0.2, -0.15) is 0 Å². The summed E-state index contributed by atoms with van der Waals surface area (Å²) in [5.74, 6) is 0.836. The van der Waals surface area contributed by atoms with Crippen molar-refractivity contribution in [2.24, 2.45) is 5.92 Å². The Bertz CT molecular complexity index is 284. The molecule has 1 N–H and O–H groups in total. The van der Waals surface area contributed by atoms with Crippen molar-refractivity contribution in [1.82, 2.24) is 0 Å². The first-order valence-corrected chi connectivity index (χ1v) is 12.4. The van der Waals surface area contributed by atoms with Gasteiger partial charge in [0.2, 0.25) is 0 Å². The Labute approximate surface area is 171 Å². The monoisotopic (exact) mass is 411 g/mol. The van der Waals surface area contributed by atoms with Gasteiger partial charge in [-0.25, -0.2) is 0 Å². The molecule has 0 aromatic rings. The molecule has 0 aromatic heterocycles. The molecule has 0 aliphatic rings. The molecule has 26 heavy (non-hydrogen) atoms. The van der Waals surface area contributed by atoms with Crippen molar-refractivity contribution < 1.29 is 30.6 Å². The lowest BCUT2D eigenvalue weighted by Gasteiger charge is -2.25. The standard InChI is InChI=1S/C20H45NO3Si.ClH/c1-7-8-9-10-11-12-13-15-20(17-18-21(2)3)16-14-19-25(22-4,23-5)24-6;/h20H,7-19H2,1-6H3;1H.